The van der Waals surface area contributed by atoms with Crippen LogP contribution in [0.3, 0.4) is 0 Å². The molecule has 0 amide bonds. The van der Waals surface area contributed by atoms with E-state index in [9.17, 15) is 4.79 Å². The molecule has 0 aromatic carbocycles. The fourth-order valence-electron chi connectivity index (χ4n) is 2.17. The predicted molar refractivity (Wildman–Crippen MR) is 71.7 cm³/mol. The van der Waals surface area contributed by atoms with Gasteiger partial charge in [-0.3, -0.25) is 0 Å². The average molecular weight is 279 g/mol. The first kappa shape index (κ1) is 12.3. The number of morpholine rings is 1. The monoisotopic (exact) mass is 279 g/mol. The van der Waals surface area contributed by atoms with Gasteiger partial charge in [0.15, 0.2) is 6.10 Å². The summed E-state index contributed by atoms with van der Waals surface area (Å²) in [4.78, 5) is 21.6. The Morgan fingerprint density at radius 1 is 1.58 bits per heavy atom. The molecule has 100 valence electrons. The van der Waals surface area contributed by atoms with Crippen molar-refractivity contribution in [1.82, 2.24) is 9.97 Å². The zero-order valence-corrected chi connectivity index (χ0v) is 11.2. The van der Waals surface area contributed by atoms with E-state index < -0.39 is 12.1 Å². The molecular weight excluding hydrogens is 266 g/mol. The molecule has 7 heteroatoms. The summed E-state index contributed by atoms with van der Waals surface area (Å²) in [7, 11) is 0. The van der Waals surface area contributed by atoms with Gasteiger partial charge < -0.3 is 14.7 Å². The number of ether oxygens (including phenoxy) is 1. The standard InChI is InChI=1S/C12H13N3O3S/c1-7-5-19-10-9(7)13-6-14-11(10)15-2-3-18-8(4-15)12(16)17/h5-6,8H,2-4H2,1H3,(H,16,17). The minimum Gasteiger partial charge on any atom is -0.479 e. The molecule has 1 saturated heterocycles. The van der Waals surface area contributed by atoms with E-state index in [1.807, 2.05) is 17.2 Å². The van der Waals surface area contributed by atoms with Crippen LogP contribution < -0.4 is 4.90 Å². The number of anilines is 1. The van der Waals surface area contributed by atoms with Crippen molar-refractivity contribution >= 4 is 33.3 Å². The molecule has 1 unspecified atom stereocenters. The van der Waals surface area contributed by atoms with Gasteiger partial charge >= 0.3 is 5.97 Å². The third kappa shape index (κ3) is 2.15. The number of aryl methyl sites for hydroxylation is 1. The Hall–Kier alpha value is -1.73. The summed E-state index contributed by atoms with van der Waals surface area (Å²) in [5.41, 5.74) is 2.06. The second kappa shape index (κ2) is 4.75. The van der Waals surface area contributed by atoms with Gasteiger partial charge in [-0.05, 0) is 17.9 Å². The number of nitrogens with zero attached hydrogens (tertiary/aromatic N) is 3. The number of carboxylic acids is 1. The summed E-state index contributed by atoms with van der Waals surface area (Å²) in [5.74, 6) is -0.130. The van der Waals surface area contributed by atoms with Crippen molar-refractivity contribution < 1.29 is 14.6 Å². The molecule has 1 atom stereocenters. The average Bonchev–Trinajstić information content (AvgIpc) is 2.81. The maximum absolute atomic E-state index is 11.0. The summed E-state index contributed by atoms with van der Waals surface area (Å²) in [6.07, 6.45) is 0.739. The van der Waals surface area contributed by atoms with Crippen molar-refractivity contribution in [2.24, 2.45) is 0 Å². The van der Waals surface area contributed by atoms with Crippen LogP contribution in [0.2, 0.25) is 0 Å². The van der Waals surface area contributed by atoms with Crippen LogP contribution in [0.25, 0.3) is 10.2 Å². The van der Waals surface area contributed by atoms with Gasteiger partial charge in [-0.1, -0.05) is 0 Å². The van der Waals surface area contributed by atoms with Crippen LogP contribution >= 0.6 is 11.3 Å². The maximum atomic E-state index is 11.0. The fourth-order valence-corrected chi connectivity index (χ4v) is 3.19. The molecular formula is C12H13N3O3S. The molecule has 3 heterocycles. The zero-order chi connectivity index (χ0) is 13.4. The van der Waals surface area contributed by atoms with E-state index in [1.165, 1.54) is 6.33 Å². The summed E-state index contributed by atoms with van der Waals surface area (Å²) in [6.45, 7) is 3.37. The molecule has 0 radical (unpaired) electrons. The quantitative estimate of drug-likeness (QED) is 0.892. The molecule has 1 aliphatic rings. The lowest BCUT2D eigenvalue weighted by molar-refractivity contribution is -0.150. The molecule has 1 N–H and O–H groups in total. The molecule has 19 heavy (non-hydrogen) atoms. The SMILES string of the molecule is Cc1csc2c(N3CCOC(C(=O)O)C3)ncnc12. The van der Waals surface area contributed by atoms with Gasteiger partial charge in [-0.25, -0.2) is 14.8 Å². The van der Waals surface area contributed by atoms with E-state index in [1.54, 1.807) is 11.3 Å². The van der Waals surface area contributed by atoms with Gasteiger partial charge in [-0.15, -0.1) is 11.3 Å². The van der Waals surface area contributed by atoms with Gasteiger partial charge in [-0.2, -0.15) is 0 Å². The molecule has 0 saturated carbocycles. The summed E-state index contributed by atoms with van der Waals surface area (Å²) >= 11 is 1.59. The second-order valence-electron chi connectivity index (χ2n) is 4.44. The molecule has 6 nitrogen and oxygen atoms in total. The summed E-state index contributed by atoms with van der Waals surface area (Å²) in [6, 6.07) is 0. The lowest BCUT2D eigenvalue weighted by Gasteiger charge is -2.31. The smallest absolute Gasteiger partial charge is 0.334 e. The maximum Gasteiger partial charge on any atom is 0.334 e. The fraction of sp³-hybridized carbons (Fsp3) is 0.417. The highest BCUT2D eigenvalue weighted by molar-refractivity contribution is 7.18. The largest absolute Gasteiger partial charge is 0.479 e. The highest BCUT2D eigenvalue weighted by atomic mass is 32.1. The van der Waals surface area contributed by atoms with Crippen LogP contribution in [0.1, 0.15) is 5.56 Å². The Morgan fingerprint density at radius 3 is 3.21 bits per heavy atom. The van der Waals surface area contributed by atoms with Gasteiger partial charge in [0.05, 0.1) is 23.4 Å². The van der Waals surface area contributed by atoms with Crippen LogP contribution in [0.5, 0.6) is 0 Å². The van der Waals surface area contributed by atoms with E-state index in [0.29, 0.717) is 19.7 Å². The van der Waals surface area contributed by atoms with Crippen LogP contribution in [-0.4, -0.2) is 46.8 Å². The molecule has 1 aliphatic heterocycles. The highest BCUT2D eigenvalue weighted by Crippen LogP contribution is 2.31. The van der Waals surface area contributed by atoms with Crippen molar-refractivity contribution in [2.45, 2.75) is 13.0 Å². The third-order valence-corrected chi connectivity index (χ3v) is 4.24. The predicted octanol–water partition coefficient (Wildman–Crippen LogP) is 1.29. The van der Waals surface area contributed by atoms with E-state index >= 15 is 0 Å². The summed E-state index contributed by atoms with van der Waals surface area (Å²) in [5, 5.41) is 11.1. The minimum atomic E-state index is -0.933. The van der Waals surface area contributed by atoms with E-state index in [0.717, 1.165) is 21.6 Å². The van der Waals surface area contributed by atoms with E-state index in [2.05, 4.69) is 9.97 Å². The van der Waals surface area contributed by atoms with Crippen LogP contribution in [-0.2, 0) is 9.53 Å². The molecule has 2 aromatic heterocycles. The molecule has 2 aromatic rings. The normalized spacial score (nSPS) is 19.8. The topological polar surface area (TPSA) is 75.5 Å². The van der Waals surface area contributed by atoms with Gasteiger partial charge in [0.1, 0.15) is 12.1 Å². The number of thiophene rings is 1. The van der Waals surface area contributed by atoms with Gasteiger partial charge in [0.2, 0.25) is 0 Å². The van der Waals surface area contributed by atoms with Crippen LogP contribution in [0.15, 0.2) is 11.7 Å². The molecule has 3 rings (SSSR count). The summed E-state index contributed by atoms with van der Waals surface area (Å²) < 4.78 is 6.23. The van der Waals surface area contributed by atoms with E-state index in [4.69, 9.17) is 9.84 Å². The number of rotatable bonds is 2. The second-order valence-corrected chi connectivity index (χ2v) is 5.32. The molecule has 0 bridgehead atoms. The lowest BCUT2D eigenvalue weighted by atomic mass is 10.2. The molecule has 0 aliphatic carbocycles. The number of aromatic nitrogens is 2. The molecule has 1 fully saturated rings. The van der Waals surface area contributed by atoms with Crippen LogP contribution in [0, 0.1) is 6.92 Å². The Morgan fingerprint density at radius 2 is 2.42 bits per heavy atom. The minimum absolute atomic E-state index is 0.318. The zero-order valence-electron chi connectivity index (χ0n) is 10.4. The Bertz CT molecular complexity index is 628. The Balaban J connectivity index is 1.97. The lowest BCUT2D eigenvalue weighted by Crippen LogP contribution is -2.46. The first-order valence-electron chi connectivity index (χ1n) is 5.95. The van der Waals surface area contributed by atoms with Crippen molar-refractivity contribution in [1.29, 1.82) is 0 Å². The Labute approximate surface area is 113 Å². The van der Waals surface area contributed by atoms with Gasteiger partial charge in [0.25, 0.3) is 0 Å². The third-order valence-electron chi connectivity index (χ3n) is 3.15. The van der Waals surface area contributed by atoms with E-state index in [-0.39, 0.29) is 0 Å². The van der Waals surface area contributed by atoms with Gasteiger partial charge in [0, 0.05) is 6.54 Å². The first-order chi connectivity index (χ1) is 9.16. The van der Waals surface area contributed by atoms with Crippen molar-refractivity contribution in [3.05, 3.63) is 17.3 Å². The van der Waals surface area contributed by atoms with Crippen molar-refractivity contribution in [2.75, 3.05) is 24.6 Å². The van der Waals surface area contributed by atoms with Crippen LogP contribution in [0.4, 0.5) is 5.82 Å². The number of carbonyl (C=O) groups is 1. The Kier molecular flexibility index (Phi) is 3.08. The van der Waals surface area contributed by atoms with Crippen molar-refractivity contribution in [3.63, 3.8) is 0 Å². The number of fused-ring (bicyclic) bond motifs is 1. The number of hydrogen-bond donors (Lipinski definition) is 1. The van der Waals surface area contributed by atoms with Crippen molar-refractivity contribution in [3.8, 4) is 0 Å². The number of carboxylic acid groups (broad SMARTS) is 1. The highest BCUT2D eigenvalue weighted by Gasteiger charge is 2.28. The first-order valence-corrected chi connectivity index (χ1v) is 6.83. The number of hydrogen-bond acceptors (Lipinski definition) is 6. The number of aliphatic carboxylic acids is 1. The molecule has 0 spiro atoms.